The minimum Gasteiger partial charge on any atom is -0.496 e. The molecule has 0 spiro atoms. The number of hydrogen-bond acceptors (Lipinski definition) is 2. The zero-order valence-corrected chi connectivity index (χ0v) is 11.6. The number of aryl methyl sites for hydroxylation is 1. The fourth-order valence-electron chi connectivity index (χ4n) is 3.02. The molecular formula is C16H20N2O. The molecule has 1 unspecified atom stereocenters. The SMILES string of the molecule is COc1ccccc1Cc1ncc2n1C(C)CCC2. The lowest BCUT2D eigenvalue weighted by Crippen LogP contribution is -2.17. The smallest absolute Gasteiger partial charge is 0.122 e. The Labute approximate surface area is 114 Å². The monoisotopic (exact) mass is 256 g/mol. The van der Waals surface area contributed by atoms with Crippen molar-refractivity contribution in [2.45, 2.75) is 38.6 Å². The van der Waals surface area contributed by atoms with Crippen molar-refractivity contribution in [1.82, 2.24) is 9.55 Å². The van der Waals surface area contributed by atoms with Gasteiger partial charge in [-0.2, -0.15) is 0 Å². The number of imidazole rings is 1. The van der Waals surface area contributed by atoms with Crippen LogP contribution in [0.1, 0.15) is 42.9 Å². The van der Waals surface area contributed by atoms with Gasteiger partial charge in [0.15, 0.2) is 0 Å². The number of rotatable bonds is 3. The molecule has 100 valence electrons. The van der Waals surface area contributed by atoms with Gasteiger partial charge in [0, 0.05) is 29.9 Å². The number of benzene rings is 1. The summed E-state index contributed by atoms with van der Waals surface area (Å²) in [6.45, 7) is 2.29. The minimum atomic E-state index is 0.566. The lowest BCUT2D eigenvalue weighted by molar-refractivity contribution is 0.405. The van der Waals surface area contributed by atoms with Gasteiger partial charge >= 0.3 is 0 Å². The number of methoxy groups -OCH3 is 1. The predicted molar refractivity (Wildman–Crippen MR) is 75.7 cm³/mol. The van der Waals surface area contributed by atoms with Crippen LogP contribution in [0, 0.1) is 0 Å². The minimum absolute atomic E-state index is 0.566. The third kappa shape index (κ3) is 2.25. The molecule has 0 N–H and O–H groups in total. The summed E-state index contributed by atoms with van der Waals surface area (Å²) in [5, 5.41) is 0. The van der Waals surface area contributed by atoms with Crippen LogP contribution in [0.25, 0.3) is 0 Å². The molecule has 1 atom stereocenters. The standard InChI is InChI=1S/C16H20N2O/c1-12-6-5-8-14-11-17-16(18(12)14)10-13-7-3-4-9-15(13)19-2/h3-4,7,9,11-12H,5-6,8,10H2,1-2H3. The molecule has 19 heavy (non-hydrogen) atoms. The van der Waals surface area contributed by atoms with Crippen molar-refractivity contribution < 1.29 is 4.74 Å². The van der Waals surface area contributed by atoms with E-state index in [1.54, 1.807) is 7.11 Å². The van der Waals surface area contributed by atoms with Crippen LogP contribution in [-0.2, 0) is 12.8 Å². The number of para-hydroxylation sites is 1. The fourth-order valence-corrected chi connectivity index (χ4v) is 3.02. The van der Waals surface area contributed by atoms with E-state index in [1.165, 1.54) is 24.1 Å². The van der Waals surface area contributed by atoms with E-state index in [0.717, 1.165) is 24.4 Å². The van der Waals surface area contributed by atoms with E-state index < -0.39 is 0 Å². The van der Waals surface area contributed by atoms with E-state index in [0.29, 0.717) is 6.04 Å². The summed E-state index contributed by atoms with van der Waals surface area (Å²) in [4.78, 5) is 4.63. The van der Waals surface area contributed by atoms with E-state index in [9.17, 15) is 0 Å². The maximum atomic E-state index is 5.43. The van der Waals surface area contributed by atoms with Gasteiger partial charge in [0.1, 0.15) is 11.6 Å². The predicted octanol–water partition coefficient (Wildman–Crippen LogP) is 3.38. The van der Waals surface area contributed by atoms with Crippen LogP contribution in [0.2, 0.25) is 0 Å². The molecule has 3 rings (SSSR count). The molecule has 0 fully saturated rings. The maximum absolute atomic E-state index is 5.43. The quantitative estimate of drug-likeness (QED) is 0.841. The number of nitrogens with zero attached hydrogens (tertiary/aromatic N) is 2. The second-order valence-corrected chi connectivity index (χ2v) is 5.27. The van der Waals surface area contributed by atoms with E-state index >= 15 is 0 Å². The summed E-state index contributed by atoms with van der Waals surface area (Å²) < 4.78 is 7.84. The highest BCUT2D eigenvalue weighted by molar-refractivity contribution is 5.35. The first kappa shape index (κ1) is 12.3. The molecule has 0 bridgehead atoms. The average molecular weight is 256 g/mol. The number of aromatic nitrogens is 2. The highest BCUT2D eigenvalue weighted by atomic mass is 16.5. The molecule has 0 amide bonds. The highest BCUT2D eigenvalue weighted by Crippen LogP contribution is 2.28. The molecule has 1 aromatic heterocycles. The van der Waals surface area contributed by atoms with Crippen LogP contribution >= 0.6 is 0 Å². The van der Waals surface area contributed by atoms with E-state index in [1.807, 2.05) is 18.3 Å². The van der Waals surface area contributed by atoms with Crippen LogP contribution in [0.3, 0.4) is 0 Å². The molecular weight excluding hydrogens is 236 g/mol. The Morgan fingerprint density at radius 3 is 3.05 bits per heavy atom. The first-order valence-corrected chi connectivity index (χ1v) is 6.96. The largest absolute Gasteiger partial charge is 0.496 e. The molecule has 2 heterocycles. The van der Waals surface area contributed by atoms with Crippen LogP contribution in [0.4, 0.5) is 0 Å². The number of fused-ring (bicyclic) bond motifs is 1. The second-order valence-electron chi connectivity index (χ2n) is 5.27. The summed E-state index contributed by atoms with van der Waals surface area (Å²) in [6, 6.07) is 8.76. The van der Waals surface area contributed by atoms with Crippen LogP contribution in [0.15, 0.2) is 30.5 Å². The summed E-state index contributed by atoms with van der Waals surface area (Å²) in [6.07, 6.45) is 6.57. The van der Waals surface area contributed by atoms with Crippen molar-refractivity contribution in [3.63, 3.8) is 0 Å². The lowest BCUT2D eigenvalue weighted by Gasteiger charge is -2.24. The summed E-state index contributed by atoms with van der Waals surface area (Å²) in [5.41, 5.74) is 2.58. The maximum Gasteiger partial charge on any atom is 0.122 e. The van der Waals surface area contributed by atoms with Crippen molar-refractivity contribution >= 4 is 0 Å². The summed E-state index contributed by atoms with van der Waals surface area (Å²) in [7, 11) is 1.72. The Balaban J connectivity index is 1.94. The molecule has 3 heteroatoms. The van der Waals surface area contributed by atoms with Gasteiger partial charge in [-0.25, -0.2) is 4.98 Å². The van der Waals surface area contributed by atoms with Crippen molar-refractivity contribution in [3.05, 3.63) is 47.5 Å². The zero-order chi connectivity index (χ0) is 13.2. The number of hydrogen-bond donors (Lipinski definition) is 0. The zero-order valence-electron chi connectivity index (χ0n) is 11.6. The van der Waals surface area contributed by atoms with Crippen LogP contribution < -0.4 is 4.74 Å². The summed E-state index contributed by atoms with van der Waals surface area (Å²) in [5.74, 6) is 2.11. The van der Waals surface area contributed by atoms with E-state index in [2.05, 4.69) is 28.6 Å². The molecule has 1 aliphatic rings. The molecule has 1 aromatic carbocycles. The van der Waals surface area contributed by atoms with Gasteiger partial charge in [-0.05, 0) is 32.3 Å². The lowest BCUT2D eigenvalue weighted by atomic mass is 10.0. The van der Waals surface area contributed by atoms with Crippen LogP contribution in [0.5, 0.6) is 5.75 Å². The Bertz CT molecular complexity index is 574. The average Bonchev–Trinajstić information content (AvgIpc) is 2.84. The van der Waals surface area contributed by atoms with Gasteiger partial charge in [0.25, 0.3) is 0 Å². The summed E-state index contributed by atoms with van der Waals surface area (Å²) >= 11 is 0. The van der Waals surface area contributed by atoms with Gasteiger partial charge < -0.3 is 9.30 Å². The second kappa shape index (κ2) is 5.08. The Kier molecular flexibility index (Phi) is 3.28. The van der Waals surface area contributed by atoms with Gasteiger partial charge in [-0.1, -0.05) is 18.2 Å². The van der Waals surface area contributed by atoms with Crippen molar-refractivity contribution in [3.8, 4) is 5.75 Å². The van der Waals surface area contributed by atoms with Crippen LogP contribution in [-0.4, -0.2) is 16.7 Å². The van der Waals surface area contributed by atoms with Crippen molar-refractivity contribution in [1.29, 1.82) is 0 Å². The Hall–Kier alpha value is -1.77. The molecule has 3 nitrogen and oxygen atoms in total. The third-order valence-corrected chi connectivity index (χ3v) is 3.99. The first-order valence-electron chi connectivity index (χ1n) is 6.96. The Morgan fingerprint density at radius 2 is 2.21 bits per heavy atom. The highest BCUT2D eigenvalue weighted by Gasteiger charge is 2.20. The number of ether oxygens (including phenoxy) is 1. The molecule has 0 aliphatic carbocycles. The normalized spacial score (nSPS) is 18.1. The third-order valence-electron chi connectivity index (χ3n) is 3.99. The fraction of sp³-hybridized carbons (Fsp3) is 0.438. The molecule has 0 saturated heterocycles. The first-order chi connectivity index (χ1) is 9.29. The van der Waals surface area contributed by atoms with Gasteiger partial charge in [0.05, 0.1) is 7.11 Å². The van der Waals surface area contributed by atoms with Crippen molar-refractivity contribution in [2.75, 3.05) is 7.11 Å². The van der Waals surface area contributed by atoms with E-state index in [4.69, 9.17) is 4.74 Å². The molecule has 0 radical (unpaired) electrons. The molecule has 0 saturated carbocycles. The molecule has 1 aliphatic heterocycles. The van der Waals surface area contributed by atoms with E-state index in [-0.39, 0.29) is 0 Å². The van der Waals surface area contributed by atoms with Gasteiger partial charge in [-0.15, -0.1) is 0 Å². The topological polar surface area (TPSA) is 27.1 Å². The van der Waals surface area contributed by atoms with Crippen molar-refractivity contribution in [2.24, 2.45) is 0 Å². The Morgan fingerprint density at radius 1 is 1.37 bits per heavy atom. The van der Waals surface area contributed by atoms with Gasteiger partial charge in [-0.3, -0.25) is 0 Å². The van der Waals surface area contributed by atoms with Gasteiger partial charge in [0.2, 0.25) is 0 Å². The molecule has 2 aromatic rings.